The Kier molecular flexibility index (Phi) is 4.15. The van der Waals surface area contributed by atoms with Gasteiger partial charge in [-0.1, -0.05) is 0 Å². The van der Waals surface area contributed by atoms with Crippen LogP contribution in [0.1, 0.15) is 11.3 Å². The normalized spacial score (nSPS) is 10.9. The fourth-order valence-electron chi connectivity index (χ4n) is 2.48. The first-order valence-corrected chi connectivity index (χ1v) is 7.93. The smallest absolute Gasteiger partial charge is 0.228 e. The molecule has 0 saturated carbocycles. The summed E-state index contributed by atoms with van der Waals surface area (Å²) in [4.78, 5) is 15.4. The zero-order valence-electron chi connectivity index (χ0n) is 11.9. The largest absolute Gasteiger partial charge is 0.358 e. The van der Waals surface area contributed by atoms with E-state index in [0.717, 1.165) is 31.4 Å². The van der Waals surface area contributed by atoms with Crippen LogP contribution in [0.2, 0.25) is 0 Å². The number of nitrogens with one attached hydrogen (secondary N) is 2. The highest BCUT2D eigenvalue weighted by Gasteiger charge is 2.13. The van der Waals surface area contributed by atoms with Gasteiger partial charge in [-0.3, -0.25) is 4.79 Å². The monoisotopic (exact) mass is 408 g/mol. The Hall–Kier alpha value is -1.89. The first-order chi connectivity index (χ1) is 10.5. The Balaban J connectivity index is 1.83. The average molecular weight is 408 g/mol. The predicted octanol–water partition coefficient (Wildman–Crippen LogP) is 4.40. The second kappa shape index (κ2) is 6.08. The Bertz CT molecular complexity index is 840. The summed E-state index contributed by atoms with van der Waals surface area (Å²) in [6, 6.07) is 12.2. The van der Waals surface area contributed by atoms with Gasteiger partial charge in [0.2, 0.25) is 5.91 Å². The van der Waals surface area contributed by atoms with Crippen molar-refractivity contribution in [2.45, 2.75) is 13.3 Å². The Morgan fingerprint density at radius 1 is 1.23 bits per heavy atom. The first-order valence-electron chi connectivity index (χ1n) is 6.85. The lowest BCUT2D eigenvalue weighted by Crippen LogP contribution is -2.14. The molecule has 0 atom stereocenters. The Labute approximate surface area is 141 Å². The van der Waals surface area contributed by atoms with Crippen molar-refractivity contribution in [1.82, 2.24) is 4.98 Å². The topological polar surface area (TPSA) is 44.9 Å². The second-order valence-electron chi connectivity index (χ2n) is 5.15. The van der Waals surface area contributed by atoms with Crippen LogP contribution < -0.4 is 5.32 Å². The number of carbonyl (C=O) groups excluding carboxylic acids is 1. The maximum Gasteiger partial charge on any atom is 0.228 e. The summed E-state index contributed by atoms with van der Waals surface area (Å²) < 4.78 is 14.5. The maximum absolute atomic E-state index is 13.4. The highest BCUT2D eigenvalue weighted by atomic mass is 127. The van der Waals surface area contributed by atoms with Crippen LogP contribution in [0.5, 0.6) is 0 Å². The minimum atomic E-state index is -0.300. The molecule has 2 aromatic carbocycles. The molecular formula is C17H14FIN2O. The summed E-state index contributed by atoms with van der Waals surface area (Å²) >= 11 is 2.21. The molecular weight excluding hydrogens is 394 g/mol. The molecule has 1 aromatic heterocycles. The molecule has 0 saturated heterocycles. The molecule has 0 unspecified atom stereocenters. The number of fused-ring (bicyclic) bond motifs is 1. The van der Waals surface area contributed by atoms with E-state index >= 15 is 0 Å². The standard InChI is InChI=1S/C17H14FIN2O/c1-10-14(15-8-11(18)2-7-16(15)20-10)9-17(22)21-13-5-3-12(19)4-6-13/h2-8,20H,9H2,1H3,(H,21,22). The van der Waals surface area contributed by atoms with E-state index in [9.17, 15) is 9.18 Å². The Morgan fingerprint density at radius 3 is 2.68 bits per heavy atom. The molecule has 0 aliphatic heterocycles. The van der Waals surface area contributed by atoms with Gasteiger partial charge < -0.3 is 10.3 Å². The van der Waals surface area contributed by atoms with Crippen LogP contribution in [0.25, 0.3) is 10.9 Å². The van der Waals surface area contributed by atoms with Gasteiger partial charge in [0.15, 0.2) is 0 Å². The molecule has 0 bridgehead atoms. The van der Waals surface area contributed by atoms with Crippen LogP contribution in [0.15, 0.2) is 42.5 Å². The molecule has 0 spiro atoms. The number of aromatic nitrogens is 1. The number of halogens is 2. The highest BCUT2D eigenvalue weighted by molar-refractivity contribution is 14.1. The van der Waals surface area contributed by atoms with E-state index in [4.69, 9.17) is 0 Å². The first kappa shape index (κ1) is 15.0. The number of aromatic amines is 1. The summed E-state index contributed by atoms with van der Waals surface area (Å²) in [5.41, 5.74) is 3.32. The summed E-state index contributed by atoms with van der Waals surface area (Å²) in [7, 11) is 0. The van der Waals surface area contributed by atoms with Gasteiger partial charge in [0, 0.05) is 25.9 Å². The number of benzene rings is 2. The van der Waals surface area contributed by atoms with E-state index in [2.05, 4.69) is 32.9 Å². The van der Waals surface area contributed by atoms with E-state index in [1.54, 1.807) is 6.07 Å². The van der Waals surface area contributed by atoms with Crippen molar-refractivity contribution in [2.24, 2.45) is 0 Å². The van der Waals surface area contributed by atoms with Crippen molar-refractivity contribution in [1.29, 1.82) is 0 Å². The lowest BCUT2D eigenvalue weighted by molar-refractivity contribution is -0.115. The number of aryl methyl sites for hydroxylation is 1. The molecule has 2 N–H and O–H groups in total. The average Bonchev–Trinajstić information content (AvgIpc) is 2.77. The van der Waals surface area contributed by atoms with Crippen molar-refractivity contribution < 1.29 is 9.18 Å². The molecule has 1 amide bonds. The minimum absolute atomic E-state index is 0.116. The van der Waals surface area contributed by atoms with Gasteiger partial charge in [-0.25, -0.2) is 4.39 Å². The molecule has 22 heavy (non-hydrogen) atoms. The van der Waals surface area contributed by atoms with Crippen molar-refractivity contribution in [2.75, 3.05) is 5.32 Å². The molecule has 0 fully saturated rings. The lowest BCUT2D eigenvalue weighted by Gasteiger charge is -2.06. The summed E-state index contributed by atoms with van der Waals surface area (Å²) in [6.45, 7) is 1.89. The number of amides is 1. The van der Waals surface area contributed by atoms with Crippen molar-refractivity contribution in [3.8, 4) is 0 Å². The molecule has 3 rings (SSSR count). The molecule has 3 aromatic rings. The molecule has 3 nitrogen and oxygen atoms in total. The van der Waals surface area contributed by atoms with E-state index in [0.29, 0.717) is 0 Å². The predicted molar refractivity (Wildman–Crippen MR) is 94.5 cm³/mol. The van der Waals surface area contributed by atoms with Gasteiger partial charge in [0.1, 0.15) is 5.82 Å². The SMILES string of the molecule is Cc1[nH]c2ccc(F)cc2c1CC(=O)Nc1ccc(I)cc1. The van der Waals surface area contributed by atoms with Gasteiger partial charge >= 0.3 is 0 Å². The number of anilines is 1. The number of rotatable bonds is 3. The molecule has 0 radical (unpaired) electrons. The highest BCUT2D eigenvalue weighted by Crippen LogP contribution is 2.24. The van der Waals surface area contributed by atoms with Gasteiger partial charge in [0.05, 0.1) is 6.42 Å². The molecule has 5 heteroatoms. The Morgan fingerprint density at radius 2 is 1.95 bits per heavy atom. The number of hydrogen-bond donors (Lipinski definition) is 2. The third-order valence-electron chi connectivity index (χ3n) is 3.55. The van der Waals surface area contributed by atoms with Crippen LogP contribution in [0.3, 0.4) is 0 Å². The fraction of sp³-hybridized carbons (Fsp3) is 0.118. The number of hydrogen-bond acceptors (Lipinski definition) is 1. The van der Waals surface area contributed by atoms with Crippen LogP contribution >= 0.6 is 22.6 Å². The van der Waals surface area contributed by atoms with E-state index in [1.165, 1.54) is 12.1 Å². The molecule has 0 aliphatic rings. The molecule has 1 heterocycles. The van der Waals surface area contributed by atoms with Gasteiger partial charge in [-0.2, -0.15) is 0 Å². The summed E-state index contributed by atoms with van der Waals surface area (Å²) in [5.74, 6) is -0.416. The van der Waals surface area contributed by atoms with E-state index in [1.807, 2.05) is 31.2 Å². The van der Waals surface area contributed by atoms with Gasteiger partial charge in [-0.05, 0) is 77.5 Å². The van der Waals surface area contributed by atoms with Crippen molar-refractivity contribution >= 4 is 45.1 Å². The fourth-order valence-corrected chi connectivity index (χ4v) is 2.84. The number of H-pyrrole nitrogens is 1. The summed E-state index contributed by atoms with van der Waals surface area (Å²) in [5, 5.41) is 3.62. The molecule has 0 aliphatic carbocycles. The zero-order valence-corrected chi connectivity index (χ0v) is 14.1. The van der Waals surface area contributed by atoms with Crippen molar-refractivity contribution in [3.05, 3.63) is 63.1 Å². The van der Waals surface area contributed by atoms with Crippen LogP contribution in [0, 0.1) is 16.3 Å². The summed E-state index contributed by atoms with van der Waals surface area (Å²) in [6.07, 6.45) is 0.210. The van der Waals surface area contributed by atoms with Crippen LogP contribution in [0.4, 0.5) is 10.1 Å². The van der Waals surface area contributed by atoms with Crippen LogP contribution in [-0.4, -0.2) is 10.9 Å². The van der Waals surface area contributed by atoms with Gasteiger partial charge in [0.25, 0.3) is 0 Å². The van der Waals surface area contributed by atoms with Gasteiger partial charge in [-0.15, -0.1) is 0 Å². The van der Waals surface area contributed by atoms with Crippen LogP contribution in [-0.2, 0) is 11.2 Å². The van der Waals surface area contributed by atoms with Crippen molar-refractivity contribution in [3.63, 3.8) is 0 Å². The van der Waals surface area contributed by atoms with E-state index < -0.39 is 0 Å². The third-order valence-corrected chi connectivity index (χ3v) is 4.27. The minimum Gasteiger partial charge on any atom is -0.358 e. The third kappa shape index (κ3) is 3.14. The second-order valence-corrected chi connectivity index (χ2v) is 6.40. The maximum atomic E-state index is 13.4. The lowest BCUT2D eigenvalue weighted by atomic mass is 10.1. The zero-order chi connectivity index (χ0) is 15.7. The van der Waals surface area contributed by atoms with E-state index in [-0.39, 0.29) is 18.1 Å². The quantitative estimate of drug-likeness (QED) is 0.620. The molecule has 112 valence electrons. The number of carbonyl (C=O) groups is 1.